The van der Waals surface area contributed by atoms with Crippen LogP contribution in [0.1, 0.15) is 26.7 Å². The number of unbranched alkanes of at least 4 members (excludes halogenated alkanes) is 1. The fraction of sp³-hybridized carbons (Fsp3) is 1.00. The Kier molecular flexibility index (Phi) is 4.70. The molecule has 13 heavy (non-hydrogen) atoms. The lowest BCUT2D eigenvalue weighted by molar-refractivity contribution is -0.0498. The third kappa shape index (κ3) is 3.63. The molecule has 1 heterocycles. The van der Waals surface area contributed by atoms with Gasteiger partial charge in [-0.15, -0.1) is 0 Å². The van der Waals surface area contributed by atoms with Crippen molar-refractivity contribution in [1.82, 2.24) is 4.90 Å². The van der Waals surface area contributed by atoms with Crippen molar-refractivity contribution < 1.29 is 9.84 Å². The molecule has 1 rings (SSSR count). The maximum Gasteiger partial charge on any atom is 0.0674 e. The highest BCUT2D eigenvalue weighted by Crippen LogP contribution is 2.11. The van der Waals surface area contributed by atoms with Crippen LogP contribution in [0.2, 0.25) is 0 Å². The molecule has 78 valence electrons. The summed E-state index contributed by atoms with van der Waals surface area (Å²) in [6.07, 6.45) is 2.37. The number of morpholine rings is 1. The Bertz CT molecular complexity index is 141. The van der Waals surface area contributed by atoms with Crippen LogP contribution in [0.25, 0.3) is 0 Å². The van der Waals surface area contributed by atoms with Crippen molar-refractivity contribution in [3.63, 3.8) is 0 Å². The molecule has 0 spiro atoms. The van der Waals surface area contributed by atoms with Gasteiger partial charge in [0.05, 0.1) is 12.7 Å². The zero-order chi connectivity index (χ0) is 9.68. The lowest BCUT2D eigenvalue weighted by atomic mass is 10.2. The van der Waals surface area contributed by atoms with Crippen LogP contribution in [0.3, 0.4) is 0 Å². The van der Waals surface area contributed by atoms with Crippen molar-refractivity contribution in [3.8, 4) is 0 Å². The summed E-state index contributed by atoms with van der Waals surface area (Å²) in [5, 5.41) is 8.67. The first-order valence-electron chi connectivity index (χ1n) is 5.20. The molecule has 0 aromatic heterocycles. The van der Waals surface area contributed by atoms with Crippen molar-refractivity contribution in [2.75, 3.05) is 26.3 Å². The first-order valence-corrected chi connectivity index (χ1v) is 5.20. The second kappa shape index (κ2) is 5.58. The minimum atomic E-state index is 0.314. The van der Waals surface area contributed by atoms with Crippen LogP contribution in [0.15, 0.2) is 0 Å². The monoisotopic (exact) mass is 187 g/mol. The van der Waals surface area contributed by atoms with Gasteiger partial charge in [0.15, 0.2) is 0 Å². The third-order valence-electron chi connectivity index (χ3n) is 2.59. The van der Waals surface area contributed by atoms with Crippen LogP contribution >= 0.6 is 0 Å². The van der Waals surface area contributed by atoms with E-state index in [9.17, 15) is 0 Å². The van der Waals surface area contributed by atoms with E-state index in [0.717, 1.165) is 32.5 Å². The highest BCUT2D eigenvalue weighted by atomic mass is 16.5. The van der Waals surface area contributed by atoms with Crippen molar-refractivity contribution in [2.45, 2.75) is 38.8 Å². The maximum absolute atomic E-state index is 8.67. The van der Waals surface area contributed by atoms with Gasteiger partial charge in [0, 0.05) is 19.2 Å². The smallest absolute Gasteiger partial charge is 0.0674 e. The van der Waals surface area contributed by atoms with Crippen molar-refractivity contribution >= 4 is 0 Å². The van der Waals surface area contributed by atoms with E-state index in [4.69, 9.17) is 9.84 Å². The lowest BCUT2D eigenvalue weighted by Gasteiger charge is -2.36. The molecule has 2 unspecified atom stereocenters. The minimum absolute atomic E-state index is 0.314. The summed E-state index contributed by atoms with van der Waals surface area (Å²) in [5.74, 6) is 0. The molecule has 0 aromatic carbocycles. The SMILES string of the molecule is CC1CN(CCCCO)C(C)CO1. The molecular formula is C10H21NO2. The van der Waals surface area contributed by atoms with Crippen molar-refractivity contribution in [3.05, 3.63) is 0 Å². The summed E-state index contributed by atoms with van der Waals surface area (Å²) in [7, 11) is 0. The van der Waals surface area contributed by atoms with Crippen LogP contribution in [0.4, 0.5) is 0 Å². The van der Waals surface area contributed by atoms with Gasteiger partial charge in [0.1, 0.15) is 0 Å². The maximum atomic E-state index is 8.67. The summed E-state index contributed by atoms with van der Waals surface area (Å²) >= 11 is 0. The fourth-order valence-electron chi connectivity index (χ4n) is 1.71. The predicted octanol–water partition coefficient (Wildman–Crippen LogP) is 0.868. The highest BCUT2D eigenvalue weighted by Gasteiger charge is 2.22. The molecule has 0 bridgehead atoms. The molecular weight excluding hydrogens is 166 g/mol. The van der Waals surface area contributed by atoms with Gasteiger partial charge >= 0.3 is 0 Å². The number of hydrogen-bond donors (Lipinski definition) is 1. The van der Waals surface area contributed by atoms with Gasteiger partial charge < -0.3 is 9.84 Å². The molecule has 2 atom stereocenters. The lowest BCUT2D eigenvalue weighted by Crippen LogP contribution is -2.47. The largest absolute Gasteiger partial charge is 0.396 e. The Morgan fingerprint density at radius 2 is 2.15 bits per heavy atom. The molecule has 1 saturated heterocycles. The molecule has 1 fully saturated rings. The van der Waals surface area contributed by atoms with E-state index < -0.39 is 0 Å². The molecule has 0 aromatic rings. The summed E-state index contributed by atoms with van der Waals surface area (Å²) < 4.78 is 5.54. The van der Waals surface area contributed by atoms with Gasteiger partial charge in [-0.1, -0.05) is 0 Å². The summed E-state index contributed by atoms with van der Waals surface area (Å²) in [6.45, 7) is 7.60. The zero-order valence-electron chi connectivity index (χ0n) is 8.70. The van der Waals surface area contributed by atoms with Gasteiger partial charge in [-0.2, -0.15) is 0 Å². The number of aliphatic hydroxyl groups is 1. The van der Waals surface area contributed by atoms with Gasteiger partial charge in [0.25, 0.3) is 0 Å². The summed E-state index contributed by atoms with van der Waals surface area (Å²) in [4.78, 5) is 2.45. The van der Waals surface area contributed by atoms with E-state index in [2.05, 4.69) is 18.7 Å². The quantitative estimate of drug-likeness (QED) is 0.663. The predicted molar refractivity (Wildman–Crippen MR) is 52.8 cm³/mol. The molecule has 0 aliphatic carbocycles. The topological polar surface area (TPSA) is 32.7 Å². The van der Waals surface area contributed by atoms with Crippen LogP contribution < -0.4 is 0 Å². The van der Waals surface area contributed by atoms with E-state index in [1.54, 1.807) is 0 Å². The van der Waals surface area contributed by atoms with E-state index >= 15 is 0 Å². The van der Waals surface area contributed by atoms with Gasteiger partial charge in [-0.3, -0.25) is 4.90 Å². The van der Waals surface area contributed by atoms with Crippen molar-refractivity contribution in [1.29, 1.82) is 0 Å². The van der Waals surface area contributed by atoms with E-state index in [0.29, 0.717) is 18.8 Å². The van der Waals surface area contributed by atoms with Crippen LogP contribution in [-0.2, 0) is 4.74 Å². The number of rotatable bonds is 4. The highest BCUT2D eigenvalue weighted by molar-refractivity contribution is 4.74. The molecule has 3 heteroatoms. The number of nitrogens with zero attached hydrogens (tertiary/aromatic N) is 1. The van der Waals surface area contributed by atoms with E-state index in [1.165, 1.54) is 0 Å². The van der Waals surface area contributed by atoms with Crippen LogP contribution in [0.5, 0.6) is 0 Å². The van der Waals surface area contributed by atoms with Gasteiger partial charge in [0.2, 0.25) is 0 Å². The van der Waals surface area contributed by atoms with Crippen LogP contribution in [-0.4, -0.2) is 48.5 Å². The van der Waals surface area contributed by atoms with Gasteiger partial charge in [-0.05, 0) is 33.2 Å². The summed E-state index contributed by atoms with van der Waals surface area (Å²) in [6, 6.07) is 0.537. The molecule has 0 amide bonds. The van der Waals surface area contributed by atoms with Crippen molar-refractivity contribution in [2.24, 2.45) is 0 Å². The molecule has 1 N–H and O–H groups in total. The van der Waals surface area contributed by atoms with E-state index in [1.807, 2.05) is 0 Å². The normalized spacial score (nSPS) is 30.7. The number of aliphatic hydroxyl groups excluding tert-OH is 1. The average Bonchev–Trinajstić information content (AvgIpc) is 2.11. The Balaban J connectivity index is 2.21. The Morgan fingerprint density at radius 3 is 2.85 bits per heavy atom. The fourth-order valence-corrected chi connectivity index (χ4v) is 1.71. The first-order chi connectivity index (χ1) is 6.24. The Hall–Kier alpha value is -0.120. The average molecular weight is 187 g/mol. The minimum Gasteiger partial charge on any atom is -0.396 e. The van der Waals surface area contributed by atoms with E-state index in [-0.39, 0.29) is 0 Å². The first kappa shape index (κ1) is 11.0. The third-order valence-corrected chi connectivity index (χ3v) is 2.59. The van der Waals surface area contributed by atoms with Crippen LogP contribution in [0, 0.1) is 0 Å². The molecule has 0 radical (unpaired) electrons. The molecule has 0 saturated carbocycles. The molecule has 1 aliphatic heterocycles. The standard InChI is InChI=1S/C10H21NO2/c1-9-8-13-10(2)7-11(9)5-3-4-6-12/h9-10,12H,3-8H2,1-2H3. The zero-order valence-corrected chi connectivity index (χ0v) is 8.70. The second-order valence-electron chi connectivity index (χ2n) is 3.92. The second-order valence-corrected chi connectivity index (χ2v) is 3.92. The van der Waals surface area contributed by atoms with Gasteiger partial charge in [-0.25, -0.2) is 0 Å². The number of ether oxygens (including phenoxy) is 1. The Morgan fingerprint density at radius 1 is 1.38 bits per heavy atom. The Labute approximate surface area is 80.7 Å². The molecule has 1 aliphatic rings. The summed E-state index contributed by atoms with van der Waals surface area (Å²) in [5.41, 5.74) is 0. The molecule has 3 nitrogen and oxygen atoms in total. The number of hydrogen-bond acceptors (Lipinski definition) is 3.